The molecule has 1 aromatic carbocycles. The SMILES string of the molecule is CNc1c(F)cc(C(=O)N(C)CC2CCCCO2)cc1F. The fraction of sp³-hybridized carbons (Fsp3) is 0.533. The Balaban J connectivity index is 2.08. The Labute approximate surface area is 123 Å². The summed E-state index contributed by atoms with van der Waals surface area (Å²) in [7, 11) is 3.04. The fourth-order valence-electron chi connectivity index (χ4n) is 2.50. The Kier molecular flexibility index (Phi) is 5.12. The summed E-state index contributed by atoms with van der Waals surface area (Å²) in [5.41, 5.74) is -0.230. The van der Waals surface area contributed by atoms with Crippen molar-refractivity contribution in [1.82, 2.24) is 4.90 Å². The van der Waals surface area contributed by atoms with Crippen molar-refractivity contribution in [3.05, 3.63) is 29.3 Å². The van der Waals surface area contributed by atoms with Gasteiger partial charge in [-0.1, -0.05) is 0 Å². The van der Waals surface area contributed by atoms with Gasteiger partial charge in [-0.3, -0.25) is 4.79 Å². The predicted octanol–water partition coefficient (Wildman–Crippen LogP) is 2.65. The lowest BCUT2D eigenvalue weighted by atomic mass is 10.1. The molecule has 21 heavy (non-hydrogen) atoms. The number of carbonyl (C=O) groups excluding carboxylic acids is 1. The number of amides is 1. The molecule has 116 valence electrons. The van der Waals surface area contributed by atoms with E-state index in [1.807, 2.05) is 0 Å². The molecule has 1 amide bonds. The highest BCUT2D eigenvalue weighted by atomic mass is 19.1. The van der Waals surface area contributed by atoms with E-state index >= 15 is 0 Å². The molecular formula is C15H20F2N2O2. The van der Waals surface area contributed by atoms with Crippen molar-refractivity contribution < 1.29 is 18.3 Å². The number of likely N-dealkylation sites (N-methyl/N-ethyl adjacent to an activating group) is 1. The van der Waals surface area contributed by atoms with E-state index in [2.05, 4.69) is 5.32 Å². The summed E-state index contributed by atoms with van der Waals surface area (Å²) >= 11 is 0. The Morgan fingerprint density at radius 1 is 1.38 bits per heavy atom. The van der Waals surface area contributed by atoms with Crippen LogP contribution in [0.2, 0.25) is 0 Å². The van der Waals surface area contributed by atoms with Crippen LogP contribution in [0.4, 0.5) is 14.5 Å². The second-order valence-electron chi connectivity index (χ2n) is 5.24. The Hall–Kier alpha value is -1.69. The highest BCUT2D eigenvalue weighted by Gasteiger charge is 2.21. The maximum atomic E-state index is 13.7. The molecule has 1 aliphatic rings. The van der Waals surface area contributed by atoms with E-state index in [9.17, 15) is 13.6 Å². The first-order valence-corrected chi connectivity index (χ1v) is 7.06. The van der Waals surface area contributed by atoms with Gasteiger partial charge in [0.15, 0.2) is 0 Å². The summed E-state index contributed by atoms with van der Waals surface area (Å²) in [6.45, 7) is 1.13. The lowest BCUT2D eigenvalue weighted by Gasteiger charge is -2.27. The molecule has 2 rings (SSSR count). The Morgan fingerprint density at radius 2 is 2.05 bits per heavy atom. The highest BCUT2D eigenvalue weighted by molar-refractivity contribution is 5.94. The van der Waals surface area contributed by atoms with Crippen molar-refractivity contribution >= 4 is 11.6 Å². The first-order valence-electron chi connectivity index (χ1n) is 7.06. The minimum absolute atomic E-state index is 0.000949. The van der Waals surface area contributed by atoms with Gasteiger partial charge in [0.2, 0.25) is 0 Å². The summed E-state index contributed by atoms with van der Waals surface area (Å²) in [6.07, 6.45) is 3.01. The average Bonchev–Trinajstić information content (AvgIpc) is 2.47. The zero-order valence-corrected chi connectivity index (χ0v) is 12.3. The summed E-state index contributed by atoms with van der Waals surface area (Å²) in [6, 6.07) is 2.10. The van der Waals surface area contributed by atoms with Gasteiger partial charge < -0.3 is 15.0 Å². The van der Waals surface area contributed by atoms with Gasteiger partial charge in [0.05, 0.1) is 6.10 Å². The number of anilines is 1. The minimum atomic E-state index is -0.775. The van der Waals surface area contributed by atoms with Crippen molar-refractivity contribution in [2.24, 2.45) is 0 Å². The normalized spacial score (nSPS) is 18.4. The van der Waals surface area contributed by atoms with Gasteiger partial charge in [-0.15, -0.1) is 0 Å². The number of rotatable bonds is 4. The van der Waals surface area contributed by atoms with Crippen LogP contribution in [0, 0.1) is 11.6 Å². The van der Waals surface area contributed by atoms with E-state index < -0.39 is 17.5 Å². The van der Waals surface area contributed by atoms with E-state index in [0.29, 0.717) is 13.2 Å². The maximum Gasteiger partial charge on any atom is 0.253 e. The largest absolute Gasteiger partial charge is 0.383 e. The molecule has 0 bridgehead atoms. The van der Waals surface area contributed by atoms with Crippen molar-refractivity contribution in [2.75, 3.05) is 32.6 Å². The fourth-order valence-corrected chi connectivity index (χ4v) is 2.50. The molecule has 6 heteroatoms. The van der Waals surface area contributed by atoms with Crippen LogP contribution in [-0.2, 0) is 4.74 Å². The van der Waals surface area contributed by atoms with Crippen molar-refractivity contribution in [1.29, 1.82) is 0 Å². The second kappa shape index (κ2) is 6.85. The summed E-state index contributed by atoms with van der Waals surface area (Å²) in [4.78, 5) is 13.7. The van der Waals surface area contributed by atoms with Gasteiger partial charge in [0.25, 0.3) is 5.91 Å². The zero-order chi connectivity index (χ0) is 15.4. The average molecular weight is 298 g/mol. The molecule has 1 aliphatic heterocycles. The van der Waals surface area contributed by atoms with Gasteiger partial charge in [-0.2, -0.15) is 0 Å². The number of nitrogens with one attached hydrogen (secondary N) is 1. The first kappa shape index (κ1) is 15.7. The molecule has 0 aromatic heterocycles. The van der Waals surface area contributed by atoms with Gasteiger partial charge in [-0.05, 0) is 31.4 Å². The lowest BCUT2D eigenvalue weighted by molar-refractivity contribution is -0.000198. The van der Waals surface area contributed by atoms with Gasteiger partial charge in [0, 0.05) is 32.8 Å². The number of ether oxygens (including phenoxy) is 1. The first-order chi connectivity index (χ1) is 10.0. The van der Waals surface area contributed by atoms with E-state index in [0.717, 1.165) is 31.4 Å². The van der Waals surface area contributed by atoms with Gasteiger partial charge in [0.1, 0.15) is 17.3 Å². The van der Waals surface area contributed by atoms with E-state index in [1.165, 1.54) is 11.9 Å². The van der Waals surface area contributed by atoms with Crippen LogP contribution in [0.25, 0.3) is 0 Å². The number of benzene rings is 1. The number of nitrogens with zero attached hydrogens (tertiary/aromatic N) is 1. The van der Waals surface area contributed by atoms with Gasteiger partial charge in [-0.25, -0.2) is 8.78 Å². The third kappa shape index (κ3) is 3.69. The van der Waals surface area contributed by atoms with Crippen LogP contribution >= 0.6 is 0 Å². The molecule has 1 unspecified atom stereocenters. The standard InChI is InChI=1S/C15H20F2N2O2/c1-18-14-12(16)7-10(8-13(14)17)15(20)19(2)9-11-5-3-4-6-21-11/h7-8,11,18H,3-6,9H2,1-2H3. The van der Waals surface area contributed by atoms with Crippen LogP contribution in [0.1, 0.15) is 29.6 Å². The monoisotopic (exact) mass is 298 g/mol. The molecular weight excluding hydrogens is 278 g/mol. The summed E-state index contributed by atoms with van der Waals surface area (Å²) in [5.74, 6) is -1.96. The summed E-state index contributed by atoms with van der Waals surface area (Å²) < 4.78 is 33.0. The smallest absolute Gasteiger partial charge is 0.253 e. The van der Waals surface area contributed by atoms with Crippen molar-refractivity contribution in [3.8, 4) is 0 Å². The molecule has 0 radical (unpaired) electrons. The van der Waals surface area contributed by atoms with E-state index in [1.54, 1.807) is 7.05 Å². The van der Waals surface area contributed by atoms with Crippen LogP contribution in [-0.4, -0.2) is 44.2 Å². The zero-order valence-electron chi connectivity index (χ0n) is 12.3. The molecule has 0 saturated carbocycles. The van der Waals surface area contributed by atoms with Crippen molar-refractivity contribution in [3.63, 3.8) is 0 Å². The molecule has 1 fully saturated rings. The molecule has 0 aliphatic carbocycles. The van der Waals surface area contributed by atoms with E-state index in [4.69, 9.17) is 4.74 Å². The molecule has 1 atom stereocenters. The maximum absolute atomic E-state index is 13.7. The van der Waals surface area contributed by atoms with Crippen LogP contribution in [0.3, 0.4) is 0 Å². The van der Waals surface area contributed by atoms with Crippen LogP contribution in [0.5, 0.6) is 0 Å². The predicted molar refractivity (Wildman–Crippen MR) is 76.5 cm³/mol. The molecule has 1 N–H and O–H groups in total. The van der Waals surface area contributed by atoms with Crippen LogP contribution < -0.4 is 5.32 Å². The lowest BCUT2D eigenvalue weighted by Crippen LogP contribution is -2.37. The number of halogens is 2. The quantitative estimate of drug-likeness (QED) is 0.929. The Morgan fingerprint density at radius 3 is 2.57 bits per heavy atom. The van der Waals surface area contributed by atoms with E-state index in [-0.39, 0.29) is 17.4 Å². The molecule has 1 aromatic rings. The highest BCUT2D eigenvalue weighted by Crippen LogP contribution is 2.21. The number of carbonyl (C=O) groups is 1. The number of hydrogen-bond donors (Lipinski definition) is 1. The van der Waals surface area contributed by atoms with Crippen LogP contribution in [0.15, 0.2) is 12.1 Å². The molecule has 0 spiro atoms. The summed E-state index contributed by atoms with van der Waals surface area (Å²) in [5, 5.41) is 2.43. The molecule has 4 nitrogen and oxygen atoms in total. The Bertz CT molecular complexity index is 493. The van der Waals surface area contributed by atoms with Gasteiger partial charge >= 0.3 is 0 Å². The molecule has 1 saturated heterocycles. The third-order valence-corrected chi connectivity index (χ3v) is 3.64. The number of hydrogen-bond acceptors (Lipinski definition) is 3. The minimum Gasteiger partial charge on any atom is -0.383 e. The van der Waals surface area contributed by atoms with Crippen molar-refractivity contribution in [2.45, 2.75) is 25.4 Å². The molecule has 1 heterocycles. The third-order valence-electron chi connectivity index (χ3n) is 3.64. The topological polar surface area (TPSA) is 41.6 Å². The second-order valence-corrected chi connectivity index (χ2v) is 5.24.